The fraction of sp³-hybridized carbons (Fsp3) is 0.200. The molecule has 3 rings (SSSR count). The van der Waals surface area contributed by atoms with Gasteiger partial charge in [-0.05, 0) is 29.1 Å². The first kappa shape index (κ1) is 15.1. The van der Waals surface area contributed by atoms with Crippen molar-refractivity contribution < 1.29 is 9.13 Å². The van der Waals surface area contributed by atoms with Gasteiger partial charge in [-0.25, -0.2) is 9.37 Å². The third kappa shape index (κ3) is 2.74. The van der Waals surface area contributed by atoms with Gasteiger partial charge in [0.25, 0.3) is 5.56 Å². The number of ether oxygens (including phenoxy) is 1. The van der Waals surface area contributed by atoms with Crippen LogP contribution in [0, 0.1) is 5.82 Å². The van der Waals surface area contributed by atoms with Crippen LogP contribution in [0.15, 0.2) is 39.6 Å². The lowest BCUT2D eigenvalue weighted by Crippen LogP contribution is -2.18. The number of benzene rings is 1. The van der Waals surface area contributed by atoms with E-state index in [2.05, 4.69) is 4.98 Å². The number of nitrogens with zero attached hydrogens (tertiary/aromatic N) is 2. The molecule has 0 amide bonds. The summed E-state index contributed by atoms with van der Waals surface area (Å²) in [5.74, 6) is 0.353. The Bertz CT molecular complexity index is 889. The van der Waals surface area contributed by atoms with Crippen LogP contribution in [0.1, 0.15) is 5.56 Å². The minimum atomic E-state index is -0.393. The van der Waals surface area contributed by atoms with Crippen molar-refractivity contribution in [3.8, 4) is 5.75 Å². The van der Waals surface area contributed by atoms with Crippen LogP contribution in [-0.2, 0) is 12.8 Å². The highest BCUT2D eigenvalue weighted by atomic mass is 32.2. The first-order chi connectivity index (χ1) is 10.6. The lowest BCUT2D eigenvalue weighted by atomic mass is 10.2. The van der Waals surface area contributed by atoms with E-state index in [0.717, 1.165) is 5.56 Å². The predicted molar refractivity (Wildman–Crippen MR) is 87.4 cm³/mol. The molecule has 0 saturated heterocycles. The number of aromatic nitrogens is 2. The van der Waals surface area contributed by atoms with Crippen LogP contribution >= 0.6 is 23.1 Å². The highest BCUT2D eigenvalue weighted by Crippen LogP contribution is 2.25. The second kappa shape index (κ2) is 6.10. The monoisotopic (exact) mass is 336 g/mol. The minimum Gasteiger partial charge on any atom is -0.494 e. The number of thiophene rings is 1. The summed E-state index contributed by atoms with van der Waals surface area (Å²) in [6.45, 7) is 0. The molecule has 0 bridgehead atoms. The average molecular weight is 336 g/mol. The molecule has 0 unspecified atom stereocenters. The number of halogens is 1. The van der Waals surface area contributed by atoms with Gasteiger partial charge < -0.3 is 4.74 Å². The summed E-state index contributed by atoms with van der Waals surface area (Å²) in [5, 5.41) is 2.47. The molecule has 1 aromatic carbocycles. The zero-order chi connectivity index (χ0) is 15.7. The summed E-state index contributed by atoms with van der Waals surface area (Å²) < 4.78 is 20.8. The Balaban J connectivity index is 1.86. The van der Waals surface area contributed by atoms with Crippen LogP contribution < -0.4 is 10.3 Å². The van der Waals surface area contributed by atoms with Gasteiger partial charge in [0.05, 0.1) is 12.6 Å². The lowest BCUT2D eigenvalue weighted by Gasteiger charge is -2.08. The first-order valence-electron chi connectivity index (χ1n) is 6.49. The number of methoxy groups -OCH3 is 1. The fourth-order valence-electron chi connectivity index (χ4n) is 2.04. The van der Waals surface area contributed by atoms with Gasteiger partial charge in [-0.1, -0.05) is 17.8 Å². The summed E-state index contributed by atoms with van der Waals surface area (Å²) in [6, 6.07) is 6.67. The van der Waals surface area contributed by atoms with Gasteiger partial charge in [-0.3, -0.25) is 9.36 Å². The molecule has 2 heterocycles. The van der Waals surface area contributed by atoms with Crippen LogP contribution in [0.5, 0.6) is 5.75 Å². The summed E-state index contributed by atoms with van der Waals surface area (Å²) >= 11 is 2.79. The van der Waals surface area contributed by atoms with E-state index in [1.807, 2.05) is 11.4 Å². The highest BCUT2D eigenvalue weighted by Gasteiger charge is 2.10. The molecule has 4 nitrogen and oxygen atoms in total. The van der Waals surface area contributed by atoms with E-state index in [4.69, 9.17) is 4.74 Å². The molecule has 0 atom stereocenters. The molecule has 0 aliphatic heterocycles. The molecular formula is C15H13FN2O2S2. The third-order valence-corrected chi connectivity index (χ3v) is 5.22. The molecule has 0 N–H and O–H groups in total. The van der Waals surface area contributed by atoms with Crippen LogP contribution in [0.4, 0.5) is 4.39 Å². The molecule has 3 aromatic rings. The Morgan fingerprint density at radius 2 is 2.23 bits per heavy atom. The molecule has 114 valence electrons. The molecule has 7 heteroatoms. The Morgan fingerprint density at radius 1 is 1.41 bits per heavy atom. The van der Waals surface area contributed by atoms with E-state index in [9.17, 15) is 9.18 Å². The number of rotatable bonds is 4. The van der Waals surface area contributed by atoms with Gasteiger partial charge in [-0.15, -0.1) is 11.3 Å². The van der Waals surface area contributed by atoms with E-state index in [-0.39, 0.29) is 11.3 Å². The number of hydrogen-bond donors (Lipinski definition) is 0. The average Bonchev–Trinajstić information content (AvgIpc) is 2.98. The molecule has 2 aromatic heterocycles. The maximum atomic E-state index is 13.7. The number of hydrogen-bond acceptors (Lipinski definition) is 5. The summed E-state index contributed by atoms with van der Waals surface area (Å²) in [4.78, 5) is 16.7. The molecule has 22 heavy (non-hydrogen) atoms. The van der Waals surface area contributed by atoms with E-state index in [0.29, 0.717) is 21.1 Å². The summed E-state index contributed by atoms with van der Waals surface area (Å²) in [6.07, 6.45) is 0. The normalized spacial score (nSPS) is 11.0. The number of fused-ring (bicyclic) bond motifs is 1. The summed E-state index contributed by atoms with van der Waals surface area (Å²) in [7, 11) is 3.13. The molecule has 0 radical (unpaired) electrons. The second-order valence-corrected chi connectivity index (χ2v) is 6.51. The molecule has 0 spiro atoms. The standard InChI is InChI=1S/C15H13FN2O2S2/c1-18-14(19)13-11(5-6-21-13)17-15(18)22-8-9-3-4-12(20-2)10(16)7-9/h3-7H,8H2,1-2H3. The van der Waals surface area contributed by atoms with Gasteiger partial charge in [-0.2, -0.15) is 0 Å². The van der Waals surface area contributed by atoms with Gasteiger partial charge >= 0.3 is 0 Å². The van der Waals surface area contributed by atoms with Crippen molar-refractivity contribution in [3.63, 3.8) is 0 Å². The largest absolute Gasteiger partial charge is 0.494 e. The van der Waals surface area contributed by atoms with Gasteiger partial charge in [0.2, 0.25) is 0 Å². The third-order valence-electron chi connectivity index (χ3n) is 3.23. The Morgan fingerprint density at radius 3 is 2.95 bits per heavy atom. The summed E-state index contributed by atoms with van der Waals surface area (Å²) in [5.41, 5.74) is 1.46. The van der Waals surface area contributed by atoms with Crippen molar-refractivity contribution in [1.29, 1.82) is 0 Å². The van der Waals surface area contributed by atoms with E-state index in [1.54, 1.807) is 19.2 Å². The van der Waals surface area contributed by atoms with Gasteiger partial charge in [0.15, 0.2) is 16.7 Å². The van der Waals surface area contributed by atoms with Gasteiger partial charge in [0.1, 0.15) is 4.70 Å². The van der Waals surface area contributed by atoms with E-state index in [1.165, 1.54) is 40.8 Å². The first-order valence-corrected chi connectivity index (χ1v) is 8.36. The minimum absolute atomic E-state index is 0.0524. The van der Waals surface area contributed by atoms with Crippen LogP contribution in [0.2, 0.25) is 0 Å². The zero-order valence-corrected chi connectivity index (χ0v) is 13.6. The van der Waals surface area contributed by atoms with Crippen molar-refractivity contribution in [2.45, 2.75) is 10.9 Å². The maximum absolute atomic E-state index is 13.7. The van der Waals surface area contributed by atoms with Crippen molar-refractivity contribution in [3.05, 3.63) is 51.4 Å². The van der Waals surface area contributed by atoms with Crippen LogP contribution in [-0.4, -0.2) is 16.7 Å². The van der Waals surface area contributed by atoms with Crippen molar-refractivity contribution in [2.24, 2.45) is 7.05 Å². The smallest absolute Gasteiger partial charge is 0.271 e. The fourth-order valence-corrected chi connectivity index (χ4v) is 3.76. The van der Waals surface area contributed by atoms with E-state index >= 15 is 0 Å². The van der Waals surface area contributed by atoms with E-state index < -0.39 is 5.82 Å². The molecule has 0 aliphatic carbocycles. The molecule has 0 fully saturated rings. The molecule has 0 aliphatic rings. The Hall–Kier alpha value is -1.86. The van der Waals surface area contributed by atoms with Crippen LogP contribution in [0.25, 0.3) is 10.2 Å². The predicted octanol–water partition coefficient (Wildman–Crippen LogP) is 3.44. The second-order valence-electron chi connectivity index (χ2n) is 4.65. The zero-order valence-electron chi connectivity index (χ0n) is 12.0. The van der Waals surface area contributed by atoms with Gasteiger partial charge in [0, 0.05) is 12.8 Å². The Kier molecular flexibility index (Phi) is 4.17. The lowest BCUT2D eigenvalue weighted by molar-refractivity contribution is 0.386. The molecule has 0 saturated carbocycles. The number of thioether (sulfide) groups is 1. The van der Waals surface area contributed by atoms with Crippen molar-refractivity contribution in [2.75, 3.05) is 7.11 Å². The van der Waals surface area contributed by atoms with Crippen molar-refractivity contribution in [1.82, 2.24) is 9.55 Å². The maximum Gasteiger partial charge on any atom is 0.271 e. The topological polar surface area (TPSA) is 44.1 Å². The molecular weight excluding hydrogens is 323 g/mol. The SMILES string of the molecule is COc1ccc(CSc2nc3ccsc3c(=O)n2C)cc1F. The Labute approximate surface area is 134 Å². The van der Waals surface area contributed by atoms with Crippen LogP contribution in [0.3, 0.4) is 0 Å². The van der Waals surface area contributed by atoms with Crippen molar-refractivity contribution >= 4 is 33.3 Å². The quantitative estimate of drug-likeness (QED) is 0.541. The highest BCUT2D eigenvalue weighted by molar-refractivity contribution is 7.98.